The molecule has 0 aliphatic carbocycles. The quantitative estimate of drug-likeness (QED) is 0.477. The van der Waals surface area contributed by atoms with Crippen molar-refractivity contribution in [1.29, 1.82) is 0 Å². The van der Waals surface area contributed by atoms with Crippen molar-refractivity contribution < 1.29 is 27.5 Å². The molecule has 1 atom stereocenters. The first-order valence-corrected chi connectivity index (χ1v) is 12.2. The fraction of sp³-hybridized carbons (Fsp3) is 0.560. The molecule has 1 aliphatic heterocycles. The van der Waals surface area contributed by atoms with Crippen LogP contribution in [-0.2, 0) is 21.5 Å². The van der Waals surface area contributed by atoms with Gasteiger partial charge in [0, 0.05) is 12.7 Å². The number of amides is 2. The zero-order valence-electron chi connectivity index (χ0n) is 20.9. The minimum atomic E-state index is -4.82. The average Bonchev–Trinajstić information content (AvgIpc) is 3.44. The molecule has 0 spiro atoms. The molecule has 1 unspecified atom stereocenters. The van der Waals surface area contributed by atoms with Crippen LogP contribution in [0.15, 0.2) is 36.8 Å². The molecule has 11 heteroatoms. The Morgan fingerprint density at radius 2 is 1.92 bits per heavy atom. The van der Waals surface area contributed by atoms with Crippen molar-refractivity contribution >= 4 is 17.6 Å². The minimum Gasteiger partial charge on any atom is -0.406 e. The van der Waals surface area contributed by atoms with Crippen molar-refractivity contribution in [3.05, 3.63) is 42.4 Å². The third kappa shape index (κ3) is 8.25. The summed E-state index contributed by atoms with van der Waals surface area (Å²) in [5, 5.41) is 5.46. The fourth-order valence-corrected chi connectivity index (χ4v) is 4.34. The molecule has 8 nitrogen and oxygen atoms in total. The van der Waals surface area contributed by atoms with E-state index in [0.29, 0.717) is 24.2 Å². The third-order valence-corrected chi connectivity index (χ3v) is 6.07. The van der Waals surface area contributed by atoms with E-state index in [1.54, 1.807) is 12.5 Å². The molecule has 36 heavy (non-hydrogen) atoms. The Balaban J connectivity index is 1.58. The molecule has 1 saturated heterocycles. The number of rotatable bonds is 11. The first-order valence-electron chi connectivity index (χ1n) is 12.2. The molecule has 1 aromatic carbocycles. The van der Waals surface area contributed by atoms with Gasteiger partial charge in [-0.1, -0.05) is 25.5 Å². The van der Waals surface area contributed by atoms with Crippen LogP contribution in [0.25, 0.3) is 0 Å². The smallest absolute Gasteiger partial charge is 0.406 e. The summed E-state index contributed by atoms with van der Waals surface area (Å²) in [5.41, 5.74) is 0.130. The standard InChI is InChI=1S/C25H34F3N5O3/c1-4-8-20(30-22(34)14-18-9-7-10-19(13-18)36-25(26,27)28)23(35)31-21-15-33(17-29-21)24(2,3)16-32-11-5-6-12-32/h7,9-10,13,15,17,20H,4-6,8,11-12,14,16H2,1-3H3,(H,30,34)(H,31,35). The predicted octanol–water partition coefficient (Wildman–Crippen LogP) is 4.08. The second-order valence-electron chi connectivity index (χ2n) is 9.73. The SMILES string of the molecule is CCCC(NC(=O)Cc1cccc(OC(F)(F)F)c1)C(=O)Nc1cn(C(C)(C)CN2CCCC2)cn1. The molecule has 0 bridgehead atoms. The van der Waals surface area contributed by atoms with Crippen LogP contribution in [0.2, 0.25) is 0 Å². The van der Waals surface area contributed by atoms with Crippen LogP contribution < -0.4 is 15.4 Å². The number of benzene rings is 1. The second-order valence-corrected chi connectivity index (χ2v) is 9.73. The highest BCUT2D eigenvalue weighted by atomic mass is 19.4. The van der Waals surface area contributed by atoms with Gasteiger partial charge in [-0.25, -0.2) is 4.98 Å². The summed E-state index contributed by atoms with van der Waals surface area (Å²) in [6, 6.07) is 4.40. The number of nitrogens with zero attached hydrogens (tertiary/aromatic N) is 3. The van der Waals surface area contributed by atoms with Gasteiger partial charge in [0.25, 0.3) is 0 Å². The summed E-state index contributed by atoms with van der Waals surface area (Å²) in [6.07, 6.45) is 1.92. The number of carbonyl (C=O) groups is 2. The van der Waals surface area contributed by atoms with E-state index in [0.717, 1.165) is 31.8 Å². The third-order valence-electron chi connectivity index (χ3n) is 6.07. The molecular weight excluding hydrogens is 475 g/mol. The Morgan fingerprint density at radius 1 is 1.19 bits per heavy atom. The number of likely N-dealkylation sites (tertiary alicyclic amines) is 1. The lowest BCUT2D eigenvalue weighted by molar-refractivity contribution is -0.274. The number of ether oxygens (including phenoxy) is 1. The molecule has 2 amide bonds. The molecule has 3 rings (SSSR count). The normalized spacial score (nSPS) is 15.5. The number of hydrogen-bond donors (Lipinski definition) is 2. The second kappa shape index (κ2) is 11.8. The molecule has 198 valence electrons. The summed E-state index contributed by atoms with van der Waals surface area (Å²) in [7, 11) is 0. The summed E-state index contributed by atoms with van der Waals surface area (Å²) in [5.74, 6) is -0.896. The molecule has 0 saturated carbocycles. The van der Waals surface area contributed by atoms with Crippen LogP contribution in [0.3, 0.4) is 0 Å². The fourth-order valence-electron chi connectivity index (χ4n) is 4.34. The molecular formula is C25H34F3N5O3. The highest BCUT2D eigenvalue weighted by Gasteiger charge is 2.31. The maximum atomic E-state index is 12.9. The highest BCUT2D eigenvalue weighted by Crippen LogP contribution is 2.24. The zero-order valence-corrected chi connectivity index (χ0v) is 20.9. The monoisotopic (exact) mass is 509 g/mol. The number of anilines is 1. The highest BCUT2D eigenvalue weighted by molar-refractivity contribution is 5.96. The summed E-state index contributed by atoms with van der Waals surface area (Å²) < 4.78 is 43.3. The molecule has 0 radical (unpaired) electrons. The number of halogens is 3. The van der Waals surface area contributed by atoms with Gasteiger partial charge in [0.15, 0.2) is 5.82 Å². The Morgan fingerprint density at radius 3 is 2.58 bits per heavy atom. The first kappa shape index (κ1) is 27.5. The molecule has 1 aliphatic rings. The Kier molecular flexibility index (Phi) is 8.99. The van der Waals surface area contributed by atoms with E-state index in [2.05, 4.69) is 39.1 Å². The lowest BCUT2D eigenvalue weighted by atomic mass is 10.1. The van der Waals surface area contributed by atoms with Crippen molar-refractivity contribution in [3.63, 3.8) is 0 Å². The van der Waals surface area contributed by atoms with Crippen molar-refractivity contribution in [2.24, 2.45) is 0 Å². The molecule has 2 aromatic rings. The van der Waals surface area contributed by atoms with Gasteiger partial charge >= 0.3 is 6.36 Å². The lowest BCUT2D eigenvalue weighted by Gasteiger charge is -2.31. The average molecular weight is 510 g/mol. The predicted molar refractivity (Wildman–Crippen MR) is 130 cm³/mol. The lowest BCUT2D eigenvalue weighted by Crippen LogP contribution is -2.44. The van der Waals surface area contributed by atoms with Crippen LogP contribution in [-0.4, -0.2) is 58.3 Å². The van der Waals surface area contributed by atoms with E-state index >= 15 is 0 Å². The van der Waals surface area contributed by atoms with Crippen molar-refractivity contribution in [1.82, 2.24) is 19.8 Å². The van der Waals surface area contributed by atoms with Gasteiger partial charge in [-0.2, -0.15) is 0 Å². The number of aromatic nitrogens is 2. The number of nitrogens with one attached hydrogen (secondary N) is 2. The van der Waals surface area contributed by atoms with E-state index < -0.39 is 30.0 Å². The maximum Gasteiger partial charge on any atom is 0.573 e. The van der Waals surface area contributed by atoms with Crippen molar-refractivity contribution in [2.75, 3.05) is 25.0 Å². The Bertz CT molecular complexity index is 1030. The summed E-state index contributed by atoms with van der Waals surface area (Å²) in [6.45, 7) is 9.17. The van der Waals surface area contributed by atoms with Crippen molar-refractivity contribution in [3.8, 4) is 5.75 Å². The summed E-state index contributed by atoms with van der Waals surface area (Å²) in [4.78, 5) is 32.2. The molecule has 2 heterocycles. The Labute approximate surface area is 209 Å². The molecule has 1 aromatic heterocycles. The number of imidazole rings is 1. The summed E-state index contributed by atoms with van der Waals surface area (Å²) >= 11 is 0. The van der Waals surface area contributed by atoms with Crippen LogP contribution in [0.4, 0.5) is 19.0 Å². The van der Waals surface area contributed by atoms with E-state index in [1.807, 2.05) is 11.5 Å². The topological polar surface area (TPSA) is 88.5 Å². The van der Waals surface area contributed by atoms with Gasteiger partial charge in [0.1, 0.15) is 11.8 Å². The van der Waals surface area contributed by atoms with Gasteiger partial charge < -0.3 is 24.8 Å². The van der Waals surface area contributed by atoms with E-state index in [9.17, 15) is 22.8 Å². The van der Waals surface area contributed by atoms with Gasteiger partial charge in [0.2, 0.25) is 11.8 Å². The number of carbonyl (C=O) groups excluding carboxylic acids is 2. The van der Waals surface area contributed by atoms with Crippen molar-refractivity contribution in [2.45, 2.75) is 70.8 Å². The van der Waals surface area contributed by atoms with Gasteiger partial charge in [-0.05, 0) is 63.9 Å². The van der Waals surface area contributed by atoms with E-state index in [4.69, 9.17) is 0 Å². The van der Waals surface area contributed by atoms with E-state index in [-0.39, 0.29) is 12.0 Å². The maximum absolute atomic E-state index is 12.9. The molecule has 2 N–H and O–H groups in total. The first-order chi connectivity index (χ1) is 16.9. The molecule has 1 fully saturated rings. The zero-order chi connectivity index (χ0) is 26.3. The number of alkyl halides is 3. The van der Waals surface area contributed by atoms with E-state index in [1.165, 1.54) is 25.0 Å². The van der Waals surface area contributed by atoms with Crippen LogP contribution in [0, 0.1) is 0 Å². The van der Waals surface area contributed by atoms with Crippen LogP contribution >= 0.6 is 0 Å². The van der Waals surface area contributed by atoms with Gasteiger partial charge in [0.05, 0.1) is 18.3 Å². The van der Waals surface area contributed by atoms with Crippen LogP contribution in [0.5, 0.6) is 5.75 Å². The number of hydrogen-bond acceptors (Lipinski definition) is 5. The largest absolute Gasteiger partial charge is 0.573 e. The van der Waals surface area contributed by atoms with Gasteiger partial charge in [-0.15, -0.1) is 13.2 Å². The van der Waals surface area contributed by atoms with Gasteiger partial charge in [-0.3, -0.25) is 9.59 Å². The minimum absolute atomic E-state index is 0.193. The Hall–Kier alpha value is -3.08. The van der Waals surface area contributed by atoms with Crippen LogP contribution in [0.1, 0.15) is 52.0 Å².